The molecule has 0 fully saturated rings. The smallest absolute Gasteiger partial charge is 0.338 e. The van der Waals surface area contributed by atoms with Crippen molar-refractivity contribution in [1.82, 2.24) is 9.97 Å². The molecule has 0 unspecified atom stereocenters. The number of H-pyrrole nitrogens is 1. The first-order chi connectivity index (χ1) is 11.9. The maximum atomic E-state index is 12.7. The Hall–Kier alpha value is -2.54. The van der Waals surface area contributed by atoms with E-state index in [4.69, 9.17) is 0 Å². The van der Waals surface area contributed by atoms with Gasteiger partial charge in [-0.2, -0.15) is 17.1 Å². The molecule has 0 saturated carbocycles. The minimum atomic E-state index is -4.38. The van der Waals surface area contributed by atoms with E-state index in [9.17, 15) is 17.1 Å². The summed E-state index contributed by atoms with van der Waals surface area (Å²) >= 11 is 0.148. The fourth-order valence-electron chi connectivity index (χ4n) is 2.37. The zero-order valence-corrected chi connectivity index (χ0v) is 13.6. The first kappa shape index (κ1) is 17.3. The van der Waals surface area contributed by atoms with Gasteiger partial charge in [0.15, 0.2) is 0 Å². The van der Waals surface area contributed by atoms with Crippen LogP contribution in [0.4, 0.5) is 17.1 Å². The zero-order chi connectivity index (χ0) is 18.0. The molecule has 3 aromatic rings. The Balaban J connectivity index is 1.98. The Bertz CT molecular complexity index is 881. The number of halogens is 4. The van der Waals surface area contributed by atoms with Gasteiger partial charge in [-0.3, -0.25) is 0 Å². The van der Waals surface area contributed by atoms with Gasteiger partial charge in [-0.05, 0) is 30.3 Å². The minimum absolute atomic E-state index is 0.148. The van der Waals surface area contributed by atoms with Gasteiger partial charge < -0.3 is 4.98 Å². The lowest BCUT2D eigenvalue weighted by molar-refractivity contribution is -0.137. The van der Waals surface area contributed by atoms with Crippen LogP contribution in [0.25, 0.3) is 28.7 Å². The molecule has 2 aromatic carbocycles. The van der Waals surface area contributed by atoms with Gasteiger partial charge in [0.1, 0.15) is 5.82 Å². The van der Waals surface area contributed by atoms with E-state index in [0.717, 1.165) is 17.7 Å². The van der Waals surface area contributed by atoms with Gasteiger partial charge in [-0.1, -0.05) is 30.8 Å². The lowest BCUT2D eigenvalue weighted by Gasteiger charge is -2.06. The Kier molecular flexibility index (Phi) is 4.67. The van der Waals surface area contributed by atoms with E-state index in [-0.39, 0.29) is 12.1 Å². The van der Waals surface area contributed by atoms with Gasteiger partial charge in [-0.25, -0.2) is 4.98 Å². The topological polar surface area (TPSA) is 28.7 Å². The van der Waals surface area contributed by atoms with Crippen molar-refractivity contribution in [3.05, 3.63) is 66.4 Å². The van der Waals surface area contributed by atoms with Gasteiger partial charge in [0.25, 0.3) is 0 Å². The first-order valence-corrected chi connectivity index (χ1v) is 7.93. The van der Waals surface area contributed by atoms with Crippen LogP contribution < -0.4 is 0 Å². The zero-order valence-electron chi connectivity index (χ0n) is 12.8. The number of alkyl halides is 3. The van der Waals surface area contributed by atoms with Crippen LogP contribution in [0.2, 0.25) is 0 Å². The maximum Gasteiger partial charge on any atom is 0.416 e. The highest BCUT2D eigenvalue weighted by Crippen LogP contribution is 2.32. The highest BCUT2D eigenvalue weighted by molar-refractivity contribution is 7.94. The van der Waals surface area contributed by atoms with E-state index in [1.54, 1.807) is 30.3 Å². The molecule has 1 heterocycles. The van der Waals surface area contributed by atoms with E-state index in [1.165, 1.54) is 12.1 Å². The second kappa shape index (κ2) is 6.76. The Labute approximate surface area is 145 Å². The monoisotopic (exact) mass is 364 g/mol. The van der Waals surface area contributed by atoms with Crippen LogP contribution in [0.3, 0.4) is 0 Å². The SMILES string of the molecule is C=Cc1[nH]c(-c2ccc(C(F)(F)F)cc2)nc1-c1ccc(SF)cc1. The predicted molar refractivity (Wildman–Crippen MR) is 91.5 cm³/mol. The summed E-state index contributed by atoms with van der Waals surface area (Å²) in [5.41, 5.74) is 1.79. The highest BCUT2D eigenvalue weighted by atomic mass is 32.2. The van der Waals surface area contributed by atoms with Gasteiger partial charge in [0, 0.05) is 16.0 Å². The van der Waals surface area contributed by atoms with Crippen molar-refractivity contribution in [3.8, 4) is 22.6 Å². The molecule has 2 nitrogen and oxygen atoms in total. The molecule has 0 atom stereocenters. The molecule has 128 valence electrons. The van der Waals surface area contributed by atoms with E-state index < -0.39 is 11.7 Å². The lowest BCUT2D eigenvalue weighted by Crippen LogP contribution is -2.04. The Morgan fingerprint density at radius 1 is 0.960 bits per heavy atom. The molecule has 0 aliphatic carbocycles. The van der Waals surface area contributed by atoms with Crippen LogP contribution in [-0.2, 0) is 6.18 Å². The summed E-state index contributed by atoms with van der Waals surface area (Å²) in [6, 6.07) is 11.4. The van der Waals surface area contributed by atoms with Crippen molar-refractivity contribution in [2.45, 2.75) is 11.1 Å². The van der Waals surface area contributed by atoms with E-state index >= 15 is 0 Å². The molecule has 1 aromatic heterocycles. The fourth-order valence-corrected chi connectivity index (χ4v) is 2.61. The summed E-state index contributed by atoms with van der Waals surface area (Å²) in [5, 5.41) is 0. The van der Waals surface area contributed by atoms with Crippen molar-refractivity contribution in [1.29, 1.82) is 0 Å². The number of aromatic nitrogens is 2. The highest BCUT2D eigenvalue weighted by Gasteiger charge is 2.30. The van der Waals surface area contributed by atoms with Gasteiger partial charge in [0.2, 0.25) is 0 Å². The summed E-state index contributed by atoms with van der Waals surface area (Å²) in [5.74, 6) is 0.433. The first-order valence-electron chi connectivity index (χ1n) is 7.21. The van der Waals surface area contributed by atoms with Gasteiger partial charge in [0.05, 0.1) is 29.1 Å². The molecule has 0 aliphatic rings. The van der Waals surface area contributed by atoms with Gasteiger partial charge in [-0.15, -0.1) is 0 Å². The van der Waals surface area contributed by atoms with Crippen LogP contribution in [0, 0.1) is 0 Å². The number of hydrogen-bond donors (Lipinski definition) is 1. The third-order valence-corrected chi connectivity index (χ3v) is 4.09. The number of benzene rings is 2. The van der Waals surface area contributed by atoms with Crippen molar-refractivity contribution >= 4 is 18.2 Å². The minimum Gasteiger partial charge on any atom is -0.338 e. The number of hydrogen-bond acceptors (Lipinski definition) is 2. The number of imidazole rings is 1. The molecule has 0 saturated heterocycles. The summed E-state index contributed by atoms with van der Waals surface area (Å²) < 4.78 is 50.5. The Morgan fingerprint density at radius 2 is 1.56 bits per heavy atom. The largest absolute Gasteiger partial charge is 0.416 e. The molecule has 7 heteroatoms. The third-order valence-electron chi connectivity index (χ3n) is 3.64. The molecule has 0 amide bonds. The molecular weight excluding hydrogens is 352 g/mol. The number of nitrogens with one attached hydrogen (secondary N) is 1. The maximum absolute atomic E-state index is 12.7. The van der Waals surface area contributed by atoms with Crippen LogP contribution in [0.1, 0.15) is 11.3 Å². The molecule has 0 radical (unpaired) electrons. The molecule has 0 bridgehead atoms. The molecular formula is C18H12F4N2S. The van der Waals surface area contributed by atoms with Crippen LogP contribution in [0.5, 0.6) is 0 Å². The molecule has 25 heavy (non-hydrogen) atoms. The summed E-state index contributed by atoms with van der Waals surface area (Å²) in [6.07, 6.45) is -2.80. The van der Waals surface area contributed by atoms with E-state index in [2.05, 4.69) is 16.5 Å². The summed E-state index contributed by atoms with van der Waals surface area (Å²) in [6.45, 7) is 3.72. The van der Waals surface area contributed by atoms with Crippen LogP contribution in [-0.4, -0.2) is 9.97 Å². The lowest BCUT2D eigenvalue weighted by atomic mass is 10.1. The van der Waals surface area contributed by atoms with Crippen LogP contribution in [0.15, 0.2) is 60.0 Å². The molecule has 1 N–H and O–H groups in total. The van der Waals surface area contributed by atoms with Crippen molar-refractivity contribution in [3.63, 3.8) is 0 Å². The second-order valence-corrected chi connectivity index (χ2v) is 5.85. The number of aromatic amines is 1. The quantitative estimate of drug-likeness (QED) is 0.544. The average Bonchev–Trinajstić information content (AvgIpc) is 3.05. The van der Waals surface area contributed by atoms with Crippen molar-refractivity contribution in [2.75, 3.05) is 0 Å². The summed E-state index contributed by atoms with van der Waals surface area (Å²) in [4.78, 5) is 7.98. The van der Waals surface area contributed by atoms with E-state index in [1.807, 2.05) is 0 Å². The second-order valence-electron chi connectivity index (χ2n) is 5.23. The fraction of sp³-hybridized carbons (Fsp3) is 0.0556. The number of rotatable bonds is 4. The Morgan fingerprint density at radius 3 is 2.08 bits per heavy atom. The number of nitrogens with zero attached hydrogens (tertiary/aromatic N) is 1. The summed E-state index contributed by atoms with van der Waals surface area (Å²) in [7, 11) is 0. The van der Waals surface area contributed by atoms with Crippen molar-refractivity contribution < 1.29 is 17.1 Å². The van der Waals surface area contributed by atoms with Crippen LogP contribution >= 0.6 is 12.1 Å². The molecule has 0 spiro atoms. The van der Waals surface area contributed by atoms with E-state index in [0.29, 0.717) is 27.7 Å². The van der Waals surface area contributed by atoms with Crippen molar-refractivity contribution in [2.24, 2.45) is 0 Å². The molecule has 3 rings (SSSR count). The third kappa shape index (κ3) is 3.61. The average molecular weight is 364 g/mol. The van der Waals surface area contributed by atoms with Gasteiger partial charge >= 0.3 is 6.18 Å². The normalized spacial score (nSPS) is 11.5. The molecule has 0 aliphatic heterocycles. The standard InChI is InChI=1S/C18H12F4N2S/c1-2-15-16(11-5-9-14(25-22)10-6-11)24-17(23-15)12-3-7-13(8-4-12)18(19,20)21/h2-10H,1H2,(H,23,24). The predicted octanol–water partition coefficient (Wildman–Crippen LogP) is 6.38.